The number of aromatic hydroxyl groups is 1. The molecule has 0 fully saturated rings. The van der Waals surface area contributed by atoms with Crippen molar-refractivity contribution in [2.45, 2.75) is 7.47 Å². The second kappa shape index (κ2) is 10.6. The predicted octanol–water partition coefficient (Wildman–Crippen LogP) is 6.50. The molecule has 0 saturated carbocycles. The number of alkyl halides is 2. The number of hydrogen-bond acceptors (Lipinski definition) is 4. The standard InChI is InChI=1S/C15H11I4NO4.HI/c16-13(15(17,14(22)23)20(18)19)9-1-5-11(6-2-9)24-12-7-3-10(21)4-8-12;/h1-8,13,21H,(H,22,23);1H/t13?,15-;/m0./s1. The average Bonchev–Trinajstić information content (AvgIpc) is 2.55. The lowest BCUT2D eigenvalue weighted by molar-refractivity contribution is -0.140. The summed E-state index contributed by atoms with van der Waals surface area (Å²) in [6.07, 6.45) is 0. The predicted molar refractivity (Wildman–Crippen MR) is 141 cm³/mol. The first-order valence-electron chi connectivity index (χ1n) is 6.50. The van der Waals surface area contributed by atoms with Gasteiger partial charge in [0.05, 0.1) is 3.92 Å². The Labute approximate surface area is 217 Å². The van der Waals surface area contributed by atoms with Gasteiger partial charge in [0, 0.05) is 45.7 Å². The molecule has 2 aromatic rings. The fourth-order valence-electron chi connectivity index (χ4n) is 1.84. The van der Waals surface area contributed by atoms with E-state index in [2.05, 4.69) is 22.6 Å². The first-order valence-corrected chi connectivity index (χ1v) is 10.8. The topological polar surface area (TPSA) is 70.0 Å². The summed E-state index contributed by atoms with van der Waals surface area (Å²) in [5.41, 5.74) is 0.892. The van der Waals surface area contributed by atoms with Crippen molar-refractivity contribution in [3.63, 3.8) is 0 Å². The van der Waals surface area contributed by atoms with Crippen LogP contribution in [0.4, 0.5) is 0 Å². The van der Waals surface area contributed by atoms with Crippen molar-refractivity contribution < 1.29 is 19.7 Å². The van der Waals surface area contributed by atoms with Crippen LogP contribution in [-0.4, -0.2) is 21.1 Å². The molecule has 0 radical (unpaired) electrons. The van der Waals surface area contributed by atoms with Crippen LogP contribution in [0.15, 0.2) is 48.5 Å². The van der Waals surface area contributed by atoms with E-state index in [0.29, 0.717) is 11.5 Å². The minimum Gasteiger partial charge on any atom is -0.508 e. The smallest absolute Gasteiger partial charge is 0.337 e. The van der Waals surface area contributed by atoms with Crippen molar-refractivity contribution in [3.05, 3.63) is 54.1 Å². The van der Waals surface area contributed by atoms with Gasteiger partial charge >= 0.3 is 5.97 Å². The largest absolute Gasteiger partial charge is 0.508 e. The minimum atomic E-state index is -1.07. The highest BCUT2D eigenvalue weighted by Crippen LogP contribution is 2.47. The molecular formula is C15H12I5NO4. The Kier molecular flexibility index (Phi) is 10.2. The number of rotatable bonds is 6. The van der Waals surface area contributed by atoms with E-state index in [1.54, 1.807) is 37.7 Å². The zero-order chi connectivity index (χ0) is 17.9. The molecule has 0 spiro atoms. The average molecular weight is 905 g/mol. The molecule has 10 heteroatoms. The van der Waals surface area contributed by atoms with Gasteiger partial charge in [-0.15, -0.1) is 24.0 Å². The summed E-state index contributed by atoms with van der Waals surface area (Å²) in [4.78, 5) is 11.7. The summed E-state index contributed by atoms with van der Waals surface area (Å²) in [7, 11) is 0. The number of phenols is 1. The summed E-state index contributed by atoms with van der Waals surface area (Å²) in [5, 5.41) is 18.9. The van der Waals surface area contributed by atoms with E-state index >= 15 is 0 Å². The molecule has 0 aliphatic carbocycles. The van der Waals surface area contributed by atoms with Gasteiger partial charge in [0.15, 0.2) is 0 Å². The highest BCUT2D eigenvalue weighted by atomic mass is 127. The van der Waals surface area contributed by atoms with Gasteiger partial charge in [0.1, 0.15) is 17.2 Å². The summed E-state index contributed by atoms with van der Waals surface area (Å²) in [5.74, 6) is 0.546. The lowest BCUT2D eigenvalue weighted by atomic mass is 10.1. The van der Waals surface area contributed by atoms with Crippen LogP contribution in [0.25, 0.3) is 0 Å². The number of nitrogens with zero attached hydrogens (tertiary/aromatic N) is 1. The molecule has 0 aliphatic heterocycles. The first-order chi connectivity index (χ1) is 11.2. The second-order valence-corrected chi connectivity index (χ2v) is 11.4. The van der Waals surface area contributed by atoms with E-state index < -0.39 is 9.51 Å². The van der Waals surface area contributed by atoms with Crippen molar-refractivity contribution in [1.29, 1.82) is 0 Å². The molecule has 5 nitrogen and oxygen atoms in total. The third-order valence-corrected chi connectivity index (χ3v) is 10.9. The fourth-order valence-corrected chi connectivity index (χ4v) is 5.20. The maximum atomic E-state index is 11.7. The third-order valence-electron chi connectivity index (χ3n) is 3.13. The zero-order valence-electron chi connectivity index (χ0n) is 12.3. The third kappa shape index (κ3) is 6.05. The highest BCUT2D eigenvalue weighted by Gasteiger charge is 2.47. The number of aliphatic carboxylic acids is 1. The Bertz CT molecular complexity index is 711. The molecule has 2 atom stereocenters. The lowest BCUT2D eigenvalue weighted by Crippen LogP contribution is -2.43. The van der Waals surface area contributed by atoms with Crippen LogP contribution in [0.3, 0.4) is 0 Å². The summed E-state index contributed by atoms with van der Waals surface area (Å²) in [6.45, 7) is 0. The molecule has 0 heterocycles. The zero-order valence-corrected chi connectivity index (χ0v) is 23.2. The normalized spacial score (nSPS) is 14.3. The molecule has 0 saturated heterocycles. The fraction of sp³-hybridized carbons (Fsp3) is 0.133. The van der Waals surface area contributed by atoms with Crippen LogP contribution in [-0.2, 0) is 4.79 Å². The van der Waals surface area contributed by atoms with Crippen LogP contribution in [0.1, 0.15) is 9.49 Å². The van der Waals surface area contributed by atoms with E-state index in [9.17, 15) is 15.0 Å². The van der Waals surface area contributed by atoms with Gasteiger partial charge in [-0.3, -0.25) is 0 Å². The Morgan fingerprint density at radius 2 is 1.48 bits per heavy atom. The van der Waals surface area contributed by atoms with Gasteiger partial charge < -0.3 is 14.9 Å². The van der Waals surface area contributed by atoms with Crippen LogP contribution >= 0.6 is 115 Å². The first kappa shape index (κ1) is 24.2. The number of carbonyl (C=O) groups is 1. The number of hydrogen-bond donors (Lipinski definition) is 2. The Morgan fingerprint density at radius 3 is 1.88 bits per heavy atom. The van der Waals surface area contributed by atoms with Crippen molar-refractivity contribution in [2.24, 2.45) is 0 Å². The molecule has 25 heavy (non-hydrogen) atoms. The van der Waals surface area contributed by atoms with Crippen LogP contribution in [0.5, 0.6) is 17.2 Å². The number of carboxylic acids is 1. The highest BCUT2D eigenvalue weighted by molar-refractivity contribution is 14.2. The maximum Gasteiger partial charge on any atom is 0.337 e. The Morgan fingerprint density at radius 1 is 1.04 bits per heavy atom. The van der Waals surface area contributed by atoms with Crippen LogP contribution < -0.4 is 4.74 Å². The van der Waals surface area contributed by atoms with Gasteiger partial charge in [0.25, 0.3) is 0 Å². The monoisotopic (exact) mass is 905 g/mol. The second-order valence-electron chi connectivity index (χ2n) is 4.74. The molecule has 136 valence electrons. The molecule has 1 unspecified atom stereocenters. The van der Waals surface area contributed by atoms with Gasteiger partial charge in [-0.2, -0.15) is 1.33 Å². The summed E-state index contributed by atoms with van der Waals surface area (Å²) in [6, 6.07) is 13.8. The maximum absolute atomic E-state index is 11.7. The molecule has 0 aliphatic rings. The van der Waals surface area contributed by atoms with E-state index in [1.165, 1.54) is 0 Å². The number of ether oxygens (including phenoxy) is 1. The SMILES string of the molecule is I.O=C(O)[C@](I)(C(I)c1ccc(Oc2ccc(O)cc2)cc1)N(I)I. The minimum absolute atomic E-state index is 0. The molecule has 2 aromatic carbocycles. The van der Waals surface area contributed by atoms with Crippen molar-refractivity contribution in [3.8, 4) is 17.2 Å². The molecular weight excluding hydrogens is 893 g/mol. The number of benzene rings is 2. The number of phenolic OH excluding ortho intramolecular Hbond substituents is 1. The summed E-state index contributed by atoms with van der Waals surface area (Å²) < 4.78 is 6.02. The quantitative estimate of drug-likeness (QED) is 0.150. The van der Waals surface area contributed by atoms with Crippen molar-refractivity contribution in [1.82, 2.24) is 1.33 Å². The van der Waals surface area contributed by atoms with E-state index in [-0.39, 0.29) is 33.7 Å². The number of carboxylic acid groups (broad SMARTS) is 1. The summed E-state index contributed by atoms with van der Waals surface area (Å²) >= 11 is 8.08. The molecule has 0 aromatic heterocycles. The molecule has 2 rings (SSSR count). The van der Waals surface area contributed by atoms with Crippen LogP contribution in [0, 0.1) is 0 Å². The van der Waals surface area contributed by atoms with Crippen molar-refractivity contribution >= 4 is 121 Å². The van der Waals surface area contributed by atoms with E-state index in [1.807, 2.05) is 80.5 Å². The van der Waals surface area contributed by atoms with Crippen molar-refractivity contribution in [2.75, 3.05) is 0 Å². The van der Waals surface area contributed by atoms with Crippen LogP contribution in [0.2, 0.25) is 0 Å². The lowest BCUT2D eigenvalue weighted by Gasteiger charge is -2.31. The van der Waals surface area contributed by atoms with Gasteiger partial charge in [-0.05, 0) is 64.6 Å². The van der Waals surface area contributed by atoms with E-state index in [0.717, 1.165) is 5.56 Å². The molecule has 0 bridgehead atoms. The Balaban J connectivity index is 0.00000312. The molecule has 0 amide bonds. The van der Waals surface area contributed by atoms with Gasteiger partial charge in [0.2, 0.25) is 3.55 Å². The molecule has 2 N–H and O–H groups in total. The van der Waals surface area contributed by atoms with Gasteiger partial charge in [-0.1, -0.05) is 34.7 Å². The van der Waals surface area contributed by atoms with Gasteiger partial charge in [-0.25, -0.2) is 4.79 Å². The van der Waals surface area contributed by atoms with E-state index in [4.69, 9.17) is 4.74 Å². The Hall–Kier alpha value is 1.12. The number of halogens is 5.